The normalized spacial score (nSPS) is 17.7. The van der Waals surface area contributed by atoms with Crippen LogP contribution in [0.25, 0.3) is 11.3 Å². The Morgan fingerprint density at radius 3 is 2.61 bits per heavy atom. The molecule has 0 bridgehead atoms. The van der Waals surface area contributed by atoms with E-state index in [1.807, 2.05) is 66.7 Å². The highest BCUT2D eigenvalue weighted by Crippen LogP contribution is 2.30. The van der Waals surface area contributed by atoms with Gasteiger partial charge >= 0.3 is 0 Å². The van der Waals surface area contributed by atoms with E-state index in [2.05, 4.69) is 16.8 Å². The van der Waals surface area contributed by atoms with Gasteiger partial charge in [-0.2, -0.15) is 5.10 Å². The van der Waals surface area contributed by atoms with Crippen LogP contribution in [-0.2, 0) is 11.2 Å². The van der Waals surface area contributed by atoms with Gasteiger partial charge < -0.3 is 4.42 Å². The van der Waals surface area contributed by atoms with Crippen molar-refractivity contribution in [2.24, 2.45) is 10.2 Å². The Balaban J connectivity index is 1.47. The first kappa shape index (κ1) is 21.2. The quantitative estimate of drug-likeness (QED) is 0.265. The molecule has 1 unspecified atom stereocenters. The first-order valence-corrected chi connectivity index (χ1v) is 11.0. The van der Waals surface area contributed by atoms with Gasteiger partial charge in [-0.05, 0) is 48.4 Å². The van der Waals surface area contributed by atoms with Crippen molar-refractivity contribution >= 4 is 40.7 Å². The standard InChI is InChI=1S/C24H20ClN3O2S/c1-2-14-28-23(29)22(15-17-6-4-3-5-7-17)31-24(28)27-26-16-20-12-13-21(30-20)18-8-10-19(25)11-9-18/h2-13,16,22H,1,14-15H2/b26-16+,27-24+. The number of hydrogen-bond acceptors (Lipinski definition) is 5. The molecule has 0 N–H and O–H groups in total. The monoisotopic (exact) mass is 449 g/mol. The van der Waals surface area contributed by atoms with Gasteiger partial charge in [0.05, 0.1) is 11.5 Å². The van der Waals surface area contributed by atoms with Crippen molar-refractivity contribution in [3.63, 3.8) is 0 Å². The van der Waals surface area contributed by atoms with Crippen LogP contribution >= 0.6 is 23.4 Å². The number of thioether (sulfide) groups is 1. The summed E-state index contributed by atoms with van der Waals surface area (Å²) in [4.78, 5) is 14.4. The molecule has 5 nitrogen and oxygen atoms in total. The van der Waals surface area contributed by atoms with Gasteiger partial charge in [-0.25, -0.2) is 0 Å². The van der Waals surface area contributed by atoms with Crippen molar-refractivity contribution in [1.29, 1.82) is 0 Å². The molecular formula is C24H20ClN3O2S. The zero-order valence-electron chi connectivity index (χ0n) is 16.6. The van der Waals surface area contributed by atoms with Crippen LogP contribution in [0.4, 0.5) is 0 Å². The summed E-state index contributed by atoms with van der Waals surface area (Å²) in [5, 5.41) is 9.44. The highest BCUT2D eigenvalue weighted by atomic mass is 35.5. The Bertz CT molecular complexity index is 1120. The van der Waals surface area contributed by atoms with Crippen LogP contribution in [0.2, 0.25) is 5.02 Å². The molecule has 1 saturated heterocycles. The van der Waals surface area contributed by atoms with Gasteiger partial charge in [0.25, 0.3) is 0 Å². The van der Waals surface area contributed by atoms with Crippen molar-refractivity contribution in [3.8, 4) is 11.3 Å². The second kappa shape index (κ2) is 9.81. The summed E-state index contributed by atoms with van der Waals surface area (Å²) in [6.45, 7) is 4.14. The predicted octanol–water partition coefficient (Wildman–Crippen LogP) is 5.66. The molecule has 156 valence electrons. The second-order valence-electron chi connectivity index (χ2n) is 6.87. The lowest BCUT2D eigenvalue weighted by atomic mass is 10.1. The van der Waals surface area contributed by atoms with Crippen LogP contribution in [0.3, 0.4) is 0 Å². The van der Waals surface area contributed by atoms with E-state index < -0.39 is 0 Å². The molecule has 1 aromatic heterocycles. The fraction of sp³-hybridized carbons (Fsp3) is 0.125. The molecule has 1 aliphatic rings. The largest absolute Gasteiger partial charge is 0.455 e. The summed E-state index contributed by atoms with van der Waals surface area (Å²) in [7, 11) is 0. The summed E-state index contributed by atoms with van der Waals surface area (Å²) >= 11 is 7.35. The Kier molecular flexibility index (Phi) is 6.70. The summed E-state index contributed by atoms with van der Waals surface area (Å²) < 4.78 is 5.80. The number of rotatable bonds is 7. The Hall–Kier alpha value is -3.09. The van der Waals surface area contributed by atoms with E-state index in [0.29, 0.717) is 34.7 Å². The third-order valence-corrected chi connectivity index (χ3v) is 6.10. The predicted molar refractivity (Wildman–Crippen MR) is 128 cm³/mol. The first-order chi connectivity index (χ1) is 15.1. The Labute approximate surface area is 190 Å². The highest BCUT2D eigenvalue weighted by molar-refractivity contribution is 8.15. The zero-order valence-corrected chi connectivity index (χ0v) is 18.2. The lowest BCUT2D eigenvalue weighted by Crippen LogP contribution is -2.32. The van der Waals surface area contributed by atoms with Crippen LogP contribution in [0.15, 0.2) is 94.0 Å². The minimum absolute atomic E-state index is 0.0192. The molecular weight excluding hydrogens is 430 g/mol. The molecule has 2 aromatic carbocycles. The molecule has 3 aromatic rings. The maximum absolute atomic E-state index is 12.8. The van der Waals surface area contributed by atoms with E-state index >= 15 is 0 Å². The van der Waals surface area contributed by atoms with Gasteiger partial charge in [0.1, 0.15) is 11.5 Å². The summed E-state index contributed by atoms with van der Waals surface area (Å²) in [5.74, 6) is 1.30. The fourth-order valence-electron chi connectivity index (χ4n) is 3.17. The summed E-state index contributed by atoms with van der Waals surface area (Å²) in [6, 6.07) is 21.1. The summed E-state index contributed by atoms with van der Waals surface area (Å²) in [6.07, 6.45) is 3.87. The molecule has 4 rings (SSSR count). The molecule has 1 atom stereocenters. The smallest absolute Gasteiger partial charge is 0.242 e. The van der Waals surface area contributed by atoms with Crippen molar-refractivity contribution in [3.05, 3.63) is 95.7 Å². The Morgan fingerprint density at radius 2 is 1.87 bits per heavy atom. The lowest BCUT2D eigenvalue weighted by Gasteiger charge is -2.12. The van der Waals surface area contributed by atoms with E-state index in [-0.39, 0.29) is 11.2 Å². The van der Waals surface area contributed by atoms with Crippen molar-refractivity contribution in [2.75, 3.05) is 6.54 Å². The average Bonchev–Trinajstić information content (AvgIpc) is 3.36. The molecule has 2 heterocycles. The van der Waals surface area contributed by atoms with Crippen LogP contribution in [0.5, 0.6) is 0 Å². The second-order valence-corrected chi connectivity index (χ2v) is 8.48. The molecule has 0 spiro atoms. The number of halogens is 1. The third-order valence-electron chi connectivity index (χ3n) is 4.68. The minimum Gasteiger partial charge on any atom is -0.455 e. The van der Waals surface area contributed by atoms with E-state index in [0.717, 1.165) is 11.1 Å². The number of furan rings is 1. The van der Waals surface area contributed by atoms with Gasteiger partial charge in [0.15, 0.2) is 5.17 Å². The van der Waals surface area contributed by atoms with Gasteiger partial charge in [0.2, 0.25) is 5.91 Å². The zero-order chi connectivity index (χ0) is 21.6. The number of hydrogen-bond donors (Lipinski definition) is 0. The topological polar surface area (TPSA) is 58.2 Å². The Morgan fingerprint density at radius 1 is 1.10 bits per heavy atom. The molecule has 31 heavy (non-hydrogen) atoms. The number of benzene rings is 2. The van der Waals surface area contributed by atoms with E-state index in [1.54, 1.807) is 11.0 Å². The number of carbonyl (C=O) groups is 1. The molecule has 0 aliphatic carbocycles. The number of carbonyl (C=O) groups excluding carboxylic acids is 1. The maximum atomic E-state index is 12.8. The average molecular weight is 450 g/mol. The fourth-order valence-corrected chi connectivity index (χ4v) is 4.44. The molecule has 1 amide bonds. The molecule has 1 aliphatic heterocycles. The van der Waals surface area contributed by atoms with E-state index in [1.165, 1.54) is 18.0 Å². The van der Waals surface area contributed by atoms with Crippen molar-refractivity contribution < 1.29 is 9.21 Å². The molecule has 0 saturated carbocycles. The van der Waals surface area contributed by atoms with Gasteiger partial charge in [-0.15, -0.1) is 11.7 Å². The van der Waals surface area contributed by atoms with Crippen LogP contribution in [-0.4, -0.2) is 34.0 Å². The van der Waals surface area contributed by atoms with Crippen LogP contribution in [0.1, 0.15) is 11.3 Å². The minimum atomic E-state index is -0.226. The van der Waals surface area contributed by atoms with Gasteiger partial charge in [-0.1, -0.05) is 59.8 Å². The summed E-state index contributed by atoms with van der Waals surface area (Å²) in [5.41, 5.74) is 2.04. The van der Waals surface area contributed by atoms with Crippen molar-refractivity contribution in [1.82, 2.24) is 4.90 Å². The van der Waals surface area contributed by atoms with Crippen LogP contribution in [0, 0.1) is 0 Å². The maximum Gasteiger partial charge on any atom is 0.242 e. The molecule has 7 heteroatoms. The van der Waals surface area contributed by atoms with Crippen LogP contribution < -0.4 is 0 Å². The first-order valence-electron chi connectivity index (χ1n) is 9.73. The highest BCUT2D eigenvalue weighted by Gasteiger charge is 2.37. The number of amidine groups is 1. The van der Waals surface area contributed by atoms with Gasteiger partial charge in [-0.3, -0.25) is 9.69 Å². The molecule has 1 fully saturated rings. The van der Waals surface area contributed by atoms with Crippen molar-refractivity contribution in [2.45, 2.75) is 11.7 Å². The SMILES string of the molecule is C=CCN1C(=O)C(Cc2ccccc2)S/C1=N/N=C/c1ccc(-c2ccc(Cl)cc2)o1. The van der Waals surface area contributed by atoms with E-state index in [9.17, 15) is 4.79 Å². The van der Waals surface area contributed by atoms with E-state index in [4.69, 9.17) is 16.0 Å². The molecule has 0 radical (unpaired) electrons. The number of amides is 1. The third kappa shape index (κ3) is 5.16. The number of nitrogens with zero attached hydrogens (tertiary/aromatic N) is 3. The van der Waals surface area contributed by atoms with Gasteiger partial charge in [0, 0.05) is 17.1 Å². The lowest BCUT2D eigenvalue weighted by molar-refractivity contribution is -0.125.